The van der Waals surface area contributed by atoms with Gasteiger partial charge in [0.2, 0.25) is 0 Å². The lowest BCUT2D eigenvalue weighted by Gasteiger charge is -2.13. The van der Waals surface area contributed by atoms with E-state index < -0.39 is 6.04 Å². The van der Waals surface area contributed by atoms with Gasteiger partial charge in [0.15, 0.2) is 0 Å². The SMILES string of the molecule is COCc1cc(F)ccc1C(N)CO. The summed E-state index contributed by atoms with van der Waals surface area (Å²) in [7, 11) is 1.53. The van der Waals surface area contributed by atoms with E-state index in [4.69, 9.17) is 15.6 Å². The highest BCUT2D eigenvalue weighted by molar-refractivity contribution is 5.30. The lowest BCUT2D eigenvalue weighted by atomic mass is 10.0. The van der Waals surface area contributed by atoms with Crippen molar-refractivity contribution in [3.05, 3.63) is 35.1 Å². The number of nitrogens with two attached hydrogens (primary N) is 1. The van der Waals surface area contributed by atoms with Crippen molar-refractivity contribution < 1.29 is 14.2 Å². The van der Waals surface area contributed by atoms with Gasteiger partial charge in [-0.2, -0.15) is 0 Å². The van der Waals surface area contributed by atoms with Crippen molar-refractivity contribution >= 4 is 0 Å². The largest absolute Gasteiger partial charge is 0.394 e. The molecule has 0 aliphatic heterocycles. The van der Waals surface area contributed by atoms with Crippen molar-refractivity contribution in [3.8, 4) is 0 Å². The van der Waals surface area contributed by atoms with Crippen LogP contribution in [0.5, 0.6) is 0 Å². The minimum atomic E-state index is -0.485. The molecule has 0 radical (unpaired) electrons. The highest BCUT2D eigenvalue weighted by Gasteiger charge is 2.10. The van der Waals surface area contributed by atoms with Gasteiger partial charge in [-0.05, 0) is 23.3 Å². The van der Waals surface area contributed by atoms with Gasteiger partial charge in [0.25, 0.3) is 0 Å². The number of hydrogen-bond acceptors (Lipinski definition) is 3. The fourth-order valence-corrected chi connectivity index (χ4v) is 1.31. The Morgan fingerprint density at radius 3 is 2.86 bits per heavy atom. The van der Waals surface area contributed by atoms with Crippen LogP contribution in [0.3, 0.4) is 0 Å². The number of hydrogen-bond donors (Lipinski definition) is 2. The third-order valence-electron chi connectivity index (χ3n) is 2.00. The average molecular weight is 199 g/mol. The second-order valence-electron chi connectivity index (χ2n) is 3.07. The van der Waals surface area contributed by atoms with Crippen LogP contribution in [-0.4, -0.2) is 18.8 Å². The molecule has 1 atom stereocenters. The van der Waals surface area contributed by atoms with Crippen LogP contribution in [0.2, 0.25) is 0 Å². The number of methoxy groups -OCH3 is 1. The molecule has 0 aliphatic carbocycles. The monoisotopic (exact) mass is 199 g/mol. The summed E-state index contributed by atoms with van der Waals surface area (Å²) in [6.07, 6.45) is 0. The molecule has 0 saturated heterocycles. The predicted molar refractivity (Wildman–Crippen MR) is 51.1 cm³/mol. The smallest absolute Gasteiger partial charge is 0.123 e. The Morgan fingerprint density at radius 1 is 1.57 bits per heavy atom. The van der Waals surface area contributed by atoms with E-state index in [1.807, 2.05) is 0 Å². The zero-order chi connectivity index (χ0) is 10.6. The fraction of sp³-hybridized carbons (Fsp3) is 0.400. The summed E-state index contributed by atoms with van der Waals surface area (Å²) in [4.78, 5) is 0. The third kappa shape index (κ3) is 2.51. The maximum Gasteiger partial charge on any atom is 0.123 e. The summed E-state index contributed by atoms with van der Waals surface area (Å²) in [5.74, 6) is -0.328. The molecule has 0 amide bonds. The normalized spacial score (nSPS) is 12.9. The van der Waals surface area contributed by atoms with Gasteiger partial charge >= 0.3 is 0 Å². The van der Waals surface area contributed by atoms with E-state index in [9.17, 15) is 4.39 Å². The van der Waals surface area contributed by atoms with E-state index in [0.717, 1.165) is 5.56 Å². The molecule has 0 saturated carbocycles. The molecule has 1 aromatic carbocycles. The van der Waals surface area contributed by atoms with Crippen LogP contribution in [0.1, 0.15) is 17.2 Å². The first-order valence-electron chi connectivity index (χ1n) is 4.32. The van der Waals surface area contributed by atoms with Crippen molar-refractivity contribution in [1.29, 1.82) is 0 Å². The van der Waals surface area contributed by atoms with Gasteiger partial charge in [-0.15, -0.1) is 0 Å². The molecule has 78 valence electrons. The first-order chi connectivity index (χ1) is 6.69. The Balaban J connectivity index is 3.01. The molecule has 0 spiro atoms. The summed E-state index contributed by atoms with van der Waals surface area (Å²) in [6.45, 7) is 0.128. The standard InChI is InChI=1S/C10H14FNO2/c1-14-6-7-4-8(11)2-3-9(7)10(12)5-13/h2-4,10,13H,5-6,12H2,1H3. The summed E-state index contributed by atoms with van der Waals surface area (Å²) < 4.78 is 17.8. The van der Waals surface area contributed by atoms with Crippen LogP contribution in [0.4, 0.5) is 4.39 Å². The van der Waals surface area contributed by atoms with Crippen molar-refractivity contribution in [1.82, 2.24) is 0 Å². The highest BCUT2D eigenvalue weighted by Crippen LogP contribution is 2.18. The summed E-state index contributed by atoms with van der Waals surface area (Å²) in [6, 6.07) is 3.78. The van der Waals surface area contributed by atoms with Crippen LogP contribution in [-0.2, 0) is 11.3 Å². The molecule has 0 heterocycles. The minimum Gasteiger partial charge on any atom is -0.394 e. The van der Waals surface area contributed by atoms with Gasteiger partial charge in [0, 0.05) is 7.11 Å². The molecule has 0 aliphatic rings. The summed E-state index contributed by atoms with van der Waals surface area (Å²) in [5, 5.41) is 8.89. The van der Waals surface area contributed by atoms with Crippen LogP contribution >= 0.6 is 0 Å². The molecule has 14 heavy (non-hydrogen) atoms. The van der Waals surface area contributed by atoms with Crippen molar-refractivity contribution in [2.45, 2.75) is 12.6 Å². The number of benzene rings is 1. The molecule has 1 rings (SSSR count). The van der Waals surface area contributed by atoms with Gasteiger partial charge in [-0.1, -0.05) is 6.07 Å². The van der Waals surface area contributed by atoms with Gasteiger partial charge < -0.3 is 15.6 Å². The van der Waals surface area contributed by atoms with E-state index in [-0.39, 0.29) is 12.4 Å². The topological polar surface area (TPSA) is 55.5 Å². The first-order valence-corrected chi connectivity index (χ1v) is 4.32. The number of aliphatic hydroxyl groups excluding tert-OH is 1. The Labute approximate surface area is 82.3 Å². The van der Waals surface area contributed by atoms with E-state index in [1.165, 1.54) is 19.2 Å². The molecule has 3 N–H and O–H groups in total. The van der Waals surface area contributed by atoms with E-state index in [0.29, 0.717) is 12.2 Å². The maximum atomic E-state index is 12.9. The predicted octanol–water partition coefficient (Wildman–Crippen LogP) is 0.964. The number of aliphatic hydroxyl groups is 1. The first kappa shape index (κ1) is 11.1. The quantitative estimate of drug-likeness (QED) is 0.759. The van der Waals surface area contributed by atoms with Gasteiger partial charge in [-0.3, -0.25) is 0 Å². The van der Waals surface area contributed by atoms with Crippen LogP contribution < -0.4 is 5.73 Å². The lowest BCUT2D eigenvalue weighted by molar-refractivity contribution is 0.182. The zero-order valence-corrected chi connectivity index (χ0v) is 8.03. The minimum absolute atomic E-state index is 0.164. The number of ether oxygens (including phenoxy) is 1. The lowest BCUT2D eigenvalue weighted by Crippen LogP contribution is -2.16. The summed E-state index contributed by atoms with van der Waals surface area (Å²) >= 11 is 0. The van der Waals surface area contributed by atoms with Gasteiger partial charge in [0.1, 0.15) is 5.82 Å². The third-order valence-corrected chi connectivity index (χ3v) is 2.00. The van der Waals surface area contributed by atoms with Crippen molar-refractivity contribution in [2.24, 2.45) is 5.73 Å². The van der Waals surface area contributed by atoms with E-state index >= 15 is 0 Å². The Morgan fingerprint density at radius 2 is 2.29 bits per heavy atom. The molecule has 0 aromatic heterocycles. The van der Waals surface area contributed by atoms with E-state index in [1.54, 1.807) is 6.07 Å². The molecule has 1 unspecified atom stereocenters. The Bertz CT molecular complexity index is 304. The second kappa shape index (κ2) is 5.05. The highest BCUT2D eigenvalue weighted by atomic mass is 19.1. The van der Waals surface area contributed by atoms with Gasteiger partial charge in [-0.25, -0.2) is 4.39 Å². The zero-order valence-electron chi connectivity index (χ0n) is 8.03. The van der Waals surface area contributed by atoms with Crippen LogP contribution in [0.15, 0.2) is 18.2 Å². The van der Waals surface area contributed by atoms with Crippen LogP contribution in [0.25, 0.3) is 0 Å². The molecule has 3 nitrogen and oxygen atoms in total. The Hall–Kier alpha value is -0.970. The summed E-state index contributed by atoms with van der Waals surface area (Å²) in [5.41, 5.74) is 7.04. The molecule has 4 heteroatoms. The second-order valence-corrected chi connectivity index (χ2v) is 3.07. The number of rotatable bonds is 4. The number of halogens is 1. The van der Waals surface area contributed by atoms with Crippen molar-refractivity contribution in [3.63, 3.8) is 0 Å². The Kier molecular flexibility index (Phi) is 4.00. The van der Waals surface area contributed by atoms with Crippen molar-refractivity contribution in [2.75, 3.05) is 13.7 Å². The molecule has 0 fully saturated rings. The average Bonchev–Trinajstić information content (AvgIpc) is 2.17. The molecule has 1 aromatic rings. The maximum absolute atomic E-state index is 12.9. The molecular formula is C10H14FNO2. The fourth-order valence-electron chi connectivity index (χ4n) is 1.31. The van der Waals surface area contributed by atoms with E-state index in [2.05, 4.69) is 0 Å². The van der Waals surface area contributed by atoms with Crippen LogP contribution in [0, 0.1) is 5.82 Å². The molecule has 0 bridgehead atoms. The molecular weight excluding hydrogens is 185 g/mol. The van der Waals surface area contributed by atoms with Gasteiger partial charge in [0.05, 0.1) is 19.3 Å².